The number of phenolic OH excluding ortho intramolecular Hbond substituents is 1. The number of hydrogen-bond donors (Lipinski definition) is 4. The van der Waals surface area contributed by atoms with Gasteiger partial charge in [0.15, 0.2) is 0 Å². The van der Waals surface area contributed by atoms with Gasteiger partial charge in [-0.3, -0.25) is 15.3 Å². The Labute approximate surface area is 181 Å². The van der Waals surface area contributed by atoms with Crippen molar-refractivity contribution in [1.82, 2.24) is 5.48 Å². The van der Waals surface area contributed by atoms with E-state index in [1.54, 1.807) is 43.0 Å². The summed E-state index contributed by atoms with van der Waals surface area (Å²) >= 11 is 4.92. The highest BCUT2D eigenvalue weighted by Gasteiger charge is 2.25. The van der Waals surface area contributed by atoms with Gasteiger partial charge in [-0.2, -0.15) is 0 Å². The predicted octanol–water partition coefficient (Wildman–Crippen LogP) is 4.86. The molecule has 0 saturated heterocycles. The monoisotopic (exact) mass is 480 g/mol. The second-order valence-electron chi connectivity index (χ2n) is 6.08. The summed E-state index contributed by atoms with van der Waals surface area (Å²) in [4.78, 5) is 24.8. The Morgan fingerprint density at radius 3 is 2.52 bits per heavy atom. The van der Waals surface area contributed by atoms with Crippen molar-refractivity contribution >= 4 is 45.4 Å². The van der Waals surface area contributed by atoms with Crippen molar-refractivity contribution in [3.8, 4) is 5.75 Å². The van der Waals surface area contributed by atoms with Gasteiger partial charge in [0.1, 0.15) is 11.9 Å². The normalized spacial score (nSPS) is 13.0. The lowest BCUT2D eigenvalue weighted by Crippen LogP contribution is -2.22. The standard InChI is InChI=1S/C20H21BrN2O5S/c1-12(3-10-18(25)23-27)19(16-11-13(21)4-9-17(16)24)28-20(26)22-14-5-7-15(29-2)8-6-14/h3-12,19,24,27H,1-2H3,(H,22,26)(H,23,25)/b10-3+/t12-,19+/m1/s1. The van der Waals surface area contributed by atoms with E-state index in [0.29, 0.717) is 15.7 Å². The fourth-order valence-corrected chi connectivity index (χ4v) is 3.31. The number of aromatic hydroxyl groups is 1. The first kappa shape index (κ1) is 22.8. The zero-order valence-corrected chi connectivity index (χ0v) is 18.2. The van der Waals surface area contributed by atoms with Gasteiger partial charge in [0.05, 0.1) is 0 Å². The molecule has 2 amide bonds. The van der Waals surface area contributed by atoms with Crippen molar-refractivity contribution in [2.45, 2.75) is 17.9 Å². The van der Waals surface area contributed by atoms with Crippen LogP contribution in [-0.4, -0.2) is 28.6 Å². The van der Waals surface area contributed by atoms with E-state index in [0.717, 1.165) is 11.0 Å². The fraction of sp³-hybridized carbons (Fsp3) is 0.200. The van der Waals surface area contributed by atoms with E-state index in [4.69, 9.17) is 9.94 Å². The first-order valence-corrected chi connectivity index (χ1v) is 10.6. The first-order valence-electron chi connectivity index (χ1n) is 8.56. The summed E-state index contributed by atoms with van der Waals surface area (Å²) in [7, 11) is 0. The maximum Gasteiger partial charge on any atom is 0.412 e. The lowest BCUT2D eigenvalue weighted by Gasteiger charge is -2.23. The molecule has 2 aromatic rings. The molecule has 0 aliphatic rings. The molecule has 7 nitrogen and oxygen atoms in total. The SMILES string of the molecule is CSc1ccc(NC(=O)O[C@H](c2cc(Br)ccc2O)[C@H](C)/C=C/C(=O)NO)cc1. The molecule has 154 valence electrons. The molecule has 2 rings (SSSR count). The third-order valence-electron chi connectivity index (χ3n) is 4.01. The van der Waals surface area contributed by atoms with E-state index >= 15 is 0 Å². The van der Waals surface area contributed by atoms with Gasteiger partial charge in [0, 0.05) is 32.6 Å². The molecule has 0 aliphatic carbocycles. The van der Waals surface area contributed by atoms with Gasteiger partial charge < -0.3 is 9.84 Å². The Balaban J connectivity index is 2.23. The minimum atomic E-state index is -0.888. The predicted molar refractivity (Wildman–Crippen MR) is 115 cm³/mol. The highest BCUT2D eigenvalue weighted by Crippen LogP contribution is 2.35. The largest absolute Gasteiger partial charge is 0.508 e. The Hall–Kier alpha value is -2.49. The van der Waals surface area contributed by atoms with Crippen molar-refractivity contribution in [1.29, 1.82) is 0 Å². The Bertz CT molecular complexity index is 889. The van der Waals surface area contributed by atoms with Crippen molar-refractivity contribution in [3.05, 3.63) is 64.7 Å². The van der Waals surface area contributed by atoms with E-state index in [1.807, 2.05) is 18.4 Å². The molecule has 29 heavy (non-hydrogen) atoms. The number of phenols is 1. The van der Waals surface area contributed by atoms with E-state index in [2.05, 4.69) is 21.2 Å². The van der Waals surface area contributed by atoms with Gasteiger partial charge in [-0.25, -0.2) is 10.3 Å². The number of anilines is 1. The zero-order valence-electron chi connectivity index (χ0n) is 15.8. The van der Waals surface area contributed by atoms with Gasteiger partial charge in [-0.1, -0.05) is 28.9 Å². The molecular formula is C20H21BrN2O5S. The lowest BCUT2D eigenvalue weighted by atomic mass is 9.96. The number of carbonyl (C=O) groups is 2. The number of thioether (sulfide) groups is 1. The van der Waals surface area contributed by atoms with Crippen molar-refractivity contribution in [3.63, 3.8) is 0 Å². The molecule has 0 unspecified atom stereocenters. The minimum Gasteiger partial charge on any atom is -0.508 e. The van der Waals surface area contributed by atoms with Gasteiger partial charge >= 0.3 is 6.09 Å². The fourth-order valence-electron chi connectivity index (χ4n) is 2.52. The van der Waals surface area contributed by atoms with Crippen LogP contribution in [0, 0.1) is 5.92 Å². The molecule has 0 spiro atoms. The van der Waals surface area contributed by atoms with Crippen LogP contribution in [0.25, 0.3) is 0 Å². The van der Waals surface area contributed by atoms with E-state index in [-0.39, 0.29) is 5.75 Å². The van der Waals surface area contributed by atoms with Crippen LogP contribution in [0.15, 0.2) is 64.0 Å². The molecule has 0 aliphatic heterocycles. The molecule has 0 radical (unpaired) electrons. The summed E-state index contributed by atoms with van der Waals surface area (Å²) in [6.45, 7) is 1.71. The van der Waals surface area contributed by atoms with Crippen molar-refractivity contribution < 1.29 is 24.6 Å². The number of amides is 2. The Kier molecular flexibility index (Phi) is 8.56. The second-order valence-corrected chi connectivity index (χ2v) is 7.87. The van der Waals surface area contributed by atoms with Crippen molar-refractivity contribution in [2.24, 2.45) is 5.92 Å². The Morgan fingerprint density at radius 2 is 1.90 bits per heavy atom. The number of benzene rings is 2. The van der Waals surface area contributed by atoms with Crippen LogP contribution in [-0.2, 0) is 9.53 Å². The number of rotatable bonds is 7. The lowest BCUT2D eigenvalue weighted by molar-refractivity contribution is -0.124. The average Bonchev–Trinajstić information content (AvgIpc) is 2.72. The van der Waals surface area contributed by atoms with Crippen LogP contribution in [0.2, 0.25) is 0 Å². The zero-order chi connectivity index (χ0) is 21.4. The molecule has 0 aromatic heterocycles. The first-order chi connectivity index (χ1) is 13.8. The van der Waals surface area contributed by atoms with Crippen LogP contribution >= 0.6 is 27.7 Å². The van der Waals surface area contributed by atoms with Gasteiger partial charge in [0.2, 0.25) is 0 Å². The van der Waals surface area contributed by atoms with Crippen LogP contribution in [0.3, 0.4) is 0 Å². The quantitative estimate of drug-likeness (QED) is 0.195. The number of carbonyl (C=O) groups excluding carboxylic acids is 2. The summed E-state index contributed by atoms with van der Waals surface area (Å²) in [6.07, 6.45) is 2.95. The smallest absolute Gasteiger partial charge is 0.412 e. The number of hydroxylamine groups is 1. The van der Waals surface area contributed by atoms with Crippen LogP contribution < -0.4 is 10.8 Å². The van der Waals surface area contributed by atoms with Crippen LogP contribution in [0.1, 0.15) is 18.6 Å². The topological polar surface area (TPSA) is 108 Å². The number of nitrogens with one attached hydrogen (secondary N) is 2. The molecule has 0 bridgehead atoms. The molecule has 0 fully saturated rings. The summed E-state index contributed by atoms with van der Waals surface area (Å²) < 4.78 is 6.27. The maximum absolute atomic E-state index is 12.5. The number of ether oxygens (including phenoxy) is 1. The molecular weight excluding hydrogens is 460 g/mol. The van der Waals surface area contributed by atoms with E-state index < -0.39 is 24.0 Å². The summed E-state index contributed by atoms with van der Waals surface area (Å²) in [5.74, 6) is -1.26. The second kappa shape index (κ2) is 10.9. The van der Waals surface area contributed by atoms with Gasteiger partial charge in [-0.15, -0.1) is 11.8 Å². The molecule has 4 N–H and O–H groups in total. The molecule has 2 atom stereocenters. The summed E-state index contributed by atoms with van der Waals surface area (Å²) in [5.41, 5.74) is 2.43. The number of hydrogen-bond acceptors (Lipinski definition) is 6. The molecule has 0 heterocycles. The number of halogens is 1. The Morgan fingerprint density at radius 1 is 1.21 bits per heavy atom. The van der Waals surface area contributed by atoms with E-state index in [1.165, 1.54) is 17.6 Å². The van der Waals surface area contributed by atoms with Crippen LogP contribution in [0.4, 0.5) is 10.5 Å². The van der Waals surface area contributed by atoms with E-state index in [9.17, 15) is 14.7 Å². The van der Waals surface area contributed by atoms with Crippen molar-refractivity contribution in [2.75, 3.05) is 11.6 Å². The van der Waals surface area contributed by atoms with Gasteiger partial charge in [0.25, 0.3) is 5.91 Å². The van der Waals surface area contributed by atoms with Crippen LogP contribution in [0.5, 0.6) is 5.75 Å². The molecule has 0 saturated carbocycles. The highest BCUT2D eigenvalue weighted by molar-refractivity contribution is 9.10. The average molecular weight is 481 g/mol. The maximum atomic E-state index is 12.5. The molecule has 9 heteroatoms. The summed E-state index contributed by atoms with van der Waals surface area (Å²) in [6, 6.07) is 12.0. The minimum absolute atomic E-state index is 0.0535. The third-order valence-corrected chi connectivity index (χ3v) is 5.24. The van der Waals surface area contributed by atoms with Gasteiger partial charge in [-0.05, 0) is 48.7 Å². The highest BCUT2D eigenvalue weighted by atomic mass is 79.9. The molecule has 2 aromatic carbocycles. The summed E-state index contributed by atoms with van der Waals surface area (Å²) in [5, 5.41) is 21.5. The third kappa shape index (κ3) is 6.81.